The lowest BCUT2D eigenvalue weighted by Crippen LogP contribution is -2.13. The number of furan rings is 1. The van der Waals surface area contributed by atoms with E-state index in [9.17, 15) is 0 Å². The first-order chi connectivity index (χ1) is 10.9. The van der Waals surface area contributed by atoms with Crippen molar-refractivity contribution in [3.05, 3.63) is 66.6 Å². The normalized spacial score (nSPS) is 11.3. The summed E-state index contributed by atoms with van der Waals surface area (Å²) in [6, 6.07) is 18.5. The molecule has 2 aromatic carbocycles. The lowest BCUT2D eigenvalue weighted by Gasteiger charge is -2.09. The molecular weight excluding hydrogens is 308 g/mol. The van der Waals surface area contributed by atoms with Crippen LogP contribution in [0.4, 0.5) is 5.69 Å². The minimum absolute atomic E-state index is 0. The van der Waals surface area contributed by atoms with E-state index in [2.05, 4.69) is 59.7 Å². The first-order valence-corrected chi connectivity index (χ1v) is 7.71. The van der Waals surface area contributed by atoms with Crippen LogP contribution in [-0.2, 0) is 0 Å². The van der Waals surface area contributed by atoms with E-state index in [0.717, 1.165) is 36.7 Å². The molecule has 0 atom stereocenters. The molecule has 0 fully saturated rings. The number of hydrogen-bond acceptors (Lipinski definition) is 2. The zero-order valence-electron chi connectivity index (χ0n) is 13.2. The monoisotopic (exact) mass is 328 g/mol. The topological polar surface area (TPSA) is 37.5 Å². The second-order valence-electron chi connectivity index (χ2n) is 5.25. The molecule has 0 amide bonds. The third kappa shape index (κ3) is 4.36. The van der Waals surface area contributed by atoms with E-state index in [4.69, 9.17) is 4.42 Å². The Hall–Kier alpha value is -2.26. The van der Waals surface area contributed by atoms with Gasteiger partial charge in [-0.05, 0) is 41.5 Å². The van der Waals surface area contributed by atoms with Crippen LogP contribution in [0.1, 0.15) is 25.5 Å². The van der Waals surface area contributed by atoms with Gasteiger partial charge in [-0.2, -0.15) is 0 Å². The molecule has 0 aliphatic rings. The van der Waals surface area contributed by atoms with E-state index in [-0.39, 0.29) is 12.4 Å². The lowest BCUT2D eigenvalue weighted by molar-refractivity contribution is 0.557. The summed E-state index contributed by atoms with van der Waals surface area (Å²) in [6.07, 6.45) is 3.88. The highest BCUT2D eigenvalue weighted by atomic mass is 35.5. The van der Waals surface area contributed by atoms with E-state index in [1.807, 2.05) is 12.1 Å². The molecule has 120 valence electrons. The molecule has 4 heteroatoms. The third-order valence-corrected chi connectivity index (χ3v) is 3.55. The van der Waals surface area contributed by atoms with Gasteiger partial charge >= 0.3 is 0 Å². The molecule has 23 heavy (non-hydrogen) atoms. The summed E-state index contributed by atoms with van der Waals surface area (Å²) in [5, 5.41) is 5.83. The first kappa shape index (κ1) is 17.1. The van der Waals surface area contributed by atoms with Crippen molar-refractivity contribution in [3.63, 3.8) is 0 Å². The largest absolute Gasteiger partial charge is 0.461 e. The maximum Gasteiger partial charge on any atom is 0.169 e. The standard InChI is InChI=1S/C19H20N2O.ClH/c1-2-3-12-20-19(18-9-6-13-22-18)21-17-11-10-15-7-4-5-8-16(15)14-17;/h4-11,13-14H,2-3,12H2,1H3,(H,20,21);1H. The third-order valence-electron chi connectivity index (χ3n) is 3.55. The minimum atomic E-state index is 0. The van der Waals surface area contributed by atoms with Gasteiger partial charge in [0.1, 0.15) is 0 Å². The number of nitrogens with one attached hydrogen (secondary N) is 1. The highest BCUT2D eigenvalue weighted by Gasteiger charge is 2.07. The van der Waals surface area contributed by atoms with Gasteiger partial charge in [0.25, 0.3) is 0 Å². The first-order valence-electron chi connectivity index (χ1n) is 7.71. The van der Waals surface area contributed by atoms with E-state index in [0.29, 0.717) is 0 Å². The van der Waals surface area contributed by atoms with Crippen molar-refractivity contribution < 1.29 is 4.42 Å². The number of aliphatic imine (C=N–C) groups is 1. The number of benzene rings is 2. The van der Waals surface area contributed by atoms with E-state index >= 15 is 0 Å². The SMILES string of the molecule is CCCCN=C(Nc1ccc2ccccc2c1)c1ccco1.Cl. The van der Waals surface area contributed by atoms with Crippen LogP contribution < -0.4 is 5.32 Å². The van der Waals surface area contributed by atoms with Crippen LogP contribution in [0.15, 0.2) is 70.3 Å². The van der Waals surface area contributed by atoms with Crippen molar-refractivity contribution in [2.24, 2.45) is 4.99 Å². The molecule has 1 heterocycles. The van der Waals surface area contributed by atoms with Crippen LogP contribution in [-0.4, -0.2) is 12.4 Å². The summed E-state index contributed by atoms with van der Waals surface area (Å²) in [5.41, 5.74) is 1.02. The molecule has 0 aliphatic heterocycles. The average Bonchev–Trinajstić information content (AvgIpc) is 3.08. The second-order valence-corrected chi connectivity index (χ2v) is 5.25. The molecule has 0 aliphatic carbocycles. The number of rotatable bonds is 5. The Balaban J connectivity index is 0.00000192. The molecule has 0 radical (unpaired) electrons. The fourth-order valence-electron chi connectivity index (χ4n) is 2.35. The number of nitrogens with zero attached hydrogens (tertiary/aromatic N) is 1. The van der Waals surface area contributed by atoms with Crippen molar-refractivity contribution in [1.82, 2.24) is 0 Å². The average molecular weight is 329 g/mol. The molecule has 1 N–H and O–H groups in total. The Bertz CT molecular complexity index is 766. The lowest BCUT2D eigenvalue weighted by atomic mass is 10.1. The fourth-order valence-corrected chi connectivity index (χ4v) is 2.35. The summed E-state index contributed by atoms with van der Waals surface area (Å²) < 4.78 is 5.49. The van der Waals surface area contributed by atoms with Crippen LogP contribution >= 0.6 is 12.4 Å². The van der Waals surface area contributed by atoms with Crippen molar-refractivity contribution >= 4 is 34.7 Å². The number of hydrogen-bond donors (Lipinski definition) is 1. The smallest absolute Gasteiger partial charge is 0.169 e. The van der Waals surface area contributed by atoms with Crippen LogP contribution in [0.25, 0.3) is 10.8 Å². The van der Waals surface area contributed by atoms with E-state index in [1.165, 1.54) is 10.8 Å². The number of halogens is 1. The Morgan fingerprint density at radius 2 is 1.87 bits per heavy atom. The molecule has 0 spiro atoms. The summed E-state index contributed by atoms with van der Waals surface area (Å²) in [6.45, 7) is 2.96. The predicted octanol–water partition coefficient (Wildman–Crippen LogP) is 5.51. The van der Waals surface area contributed by atoms with E-state index < -0.39 is 0 Å². The van der Waals surface area contributed by atoms with Gasteiger partial charge in [-0.1, -0.05) is 43.7 Å². The molecule has 0 unspecified atom stereocenters. The van der Waals surface area contributed by atoms with Gasteiger partial charge in [0.2, 0.25) is 0 Å². The highest BCUT2D eigenvalue weighted by molar-refractivity contribution is 6.07. The Labute approximate surface area is 142 Å². The molecule has 3 nitrogen and oxygen atoms in total. The summed E-state index contributed by atoms with van der Waals surface area (Å²) in [7, 11) is 0. The van der Waals surface area contributed by atoms with E-state index in [1.54, 1.807) is 6.26 Å². The van der Waals surface area contributed by atoms with Gasteiger partial charge in [-0.25, -0.2) is 0 Å². The van der Waals surface area contributed by atoms with Crippen LogP contribution in [0.5, 0.6) is 0 Å². The van der Waals surface area contributed by atoms with Crippen LogP contribution in [0.3, 0.4) is 0 Å². The van der Waals surface area contributed by atoms with Gasteiger partial charge in [-0.3, -0.25) is 4.99 Å². The van der Waals surface area contributed by atoms with Crippen molar-refractivity contribution in [2.45, 2.75) is 19.8 Å². The maximum absolute atomic E-state index is 5.49. The molecule has 0 saturated carbocycles. The number of amidine groups is 1. The highest BCUT2D eigenvalue weighted by Crippen LogP contribution is 2.19. The number of unbranched alkanes of at least 4 members (excludes halogenated alkanes) is 1. The maximum atomic E-state index is 5.49. The van der Waals surface area contributed by atoms with Crippen molar-refractivity contribution in [1.29, 1.82) is 0 Å². The van der Waals surface area contributed by atoms with Crippen molar-refractivity contribution in [3.8, 4) is 0 Å². The summed E-state index contributed by atoms with van der Waals surface area (Å²) in [4.78, 5) is 4.64. The quantitative estimate of drug-likeness (QED) is 0.381. The molecule has 3 aromatic rings. The van der Waals surface area contributed by atoms with Gasteiger partial charge in [0.15, 0.2) is 11.6 Å². The minimum Gasteiger partial charge on any atom is -0.461 e. The van der Waals surface area contributed by atoms with Crippen molar-refractivity contribution in [2.75, 3.05) is 11.9 Å². The predicted molar refractivity (Wildman–Crippen MR) is 99.8 cm³/mol. The van der Waals surface area contributed by atoms with Gasteiger partial charge < -0.3 is 9.73 Å². The Kier molecular flexibility index (Phi) is 6.24. The van der Waals surface area contributed by atoms with Gasteiger partial charge in [0, 0.05) is 12.2 Å². The molecule has 3 rings (SSSR count). The van der Waals surface area contributed by atoms with Gasteiger partial charge in [-0.15, -0.1) is 12.4 Å². The van der Waals surface area contributed by atoms with Crippen LogP contribution in [0, 0.1) is 0 Å². The Morgan fingerprint density at radius 1 is 1.04 bits per heavy atom. The fraction of sp³-hybridized carbons (Fsp3) is 0.211. The van der Waals surface area contributed by atoms with Crippen LogP contribution in [0.2, 0.25) is 0 Å². The number of fused-ring (bicyclic) bond motifs is 1. The van der Waals surface area contributed by atoms with Gasteiger partial charge in [0.05, 0.1) is 6.26 Å². The second kappa shape index (κ2) is 8.39. The number of anilines is 1. The molecule has 0 bridgehead atoms. The Morgan fingerprint density at radius 3 is 2.61 bits per heavy atom. The zero-order chi connectivity index (χ0) is 15.2. The molecular formula is C19H21ClN2O. The zero-order valence-corrected chi connectivity index (χ0v) is 14.0. The summed E-state index contributed by atoms with van der Waals surface area (Å²) >= 11 is 0. The molecule has 0 saturated heterocycles. The summed E-state index contributed by atoms with van der Waals surface area (Å²) in [5.74, 6) is 1.55. The molecule has 1 aromatic heterocycles.